The van der Waals surface area contributed by atoms with Gasteiger partial charge in [0.1, 0.15) is 5.75 Å². The Balaban J connectivity index is 0.00000342. The van der Waals surface area contributed by atoms with Crippen LogP contribution in [0.5, 0.6) is 17.2 Å². The maximum absolute atomic E-state index is 13.9. The fourth-order valence-electron chi connectivity index (χ4n) is 3.76. The van der Waals surface area contributed by atoms with Crippen LogP contribution in [0.15, 0.2) is 60.7 Å². The molecule has 0 aromatic heterocycles. The summed E-state index contributed by atoms with van der Waals surface area (Å²) < 4.78 is 52.5. The minimum absolute atomic E-state index is 0. The molecule has 1 unspecified atom stereocenters. The third-order valence-corrected chi connectivity index (χ3v) is 5.43. The molecule has 35 heavy (non-hydrogen) atoms. The van der Waals surface area contributed by atoms with E-state index >= 15 is 0 Å². The van der Waals surface area contributed by atoms with Gasteiger partial charge in [-0.1, -0.05) is 37.3 Å². The van der Waals surface area contributed by atoms with Crippen molar-refractivity contribution in [3.05, 3.63) is 77.4 Å². The molecule has 0 radical (unpaired) electrons. The summed E-state index contributed by atoms with van der Waals surface area (Å²) in [6.07, 6.45) is -4.60. The molecule has 4 rings (SSSR count). The van der Waals surface area contributed by atoms with Crippen molar-refractivity contribution in [2.75, 3.05) is 11.1 Å². The molecule has 1 heterocycles. The number of esters is 1. The van der Waals surface area contributed by atoms with Gasteiger partial charge in [0.25, 0.3) is 0 Å². The Labute approximate surface area is 205 Å². The first-order chi connectivity index (χ1) is 16.2. The molecule has 0 fully saturated rings. The van der Waals surface area contributed by atoms with Crippen LogP contribution in [0.4, 0.5) is 24.5 Å². The number of carbonyl (C=O) groups is 2. The minimum Gasteiger partial charge on any atom is -0.453 e. The molecule has 1 amide bonds. The van der Waals surface area contributed by atoms with E-state index in [1.54, 1.807) is 31.2 Å². The Morgan fingerprint density at radius 1 is 1.06 bits per heavy atom. The number of anilines is 2. The molecule has 1 atom stereocenters. The number of hydrogen-bond acceptors (Lipinski definition) is 5. The first-order valence-corrected chi connectivity index (χ1v) is 10.5. The van der Waals surface area contributed by atoms with E-state index in [0.717, 1.165) is 11.6 Å². The van der Waals surface area contributed by atoms with Crippen molar-refractivity contribution < 1.29 is 32.2 Å². The van der Waals surface area contributed by atoms with Gasteiger partial charge < -0.3 is 20.5 Å². The fraction of sp³-hybridized carbons (Fsp3) is 0.200. The first kappa shape index (κ1) is 25.9. The van der Waals surface area contributed by atoms with Crippen LogP contribution in [0, 0.1) is 0 Å². The van der Waals surface area contributed by atoms with E-state index < -0.39 is 29.4 Å². The smallest absolute Gasteiger partial charge is 0.419 e. The van der Waals surface area contributed by atoms with Crippen molar-refractivity contribution in [3.8, 4) is 17.2 Å². The average molecular weight is 507 g/mol. The molecule has 1 aliphatic rings. The van der Waals surface area contributed by atoms with Crippen LogP contribution in [0.1, 0.15) is 36.0 Å². The second kappa shape index (κ2) is 10.3. The zero-order valence-electron chi connectivity index (χ0n) is 18.5. The van der Waals surface area contributed by atoms with Gasteiger partial charge >= 0.3 is 12.1 Å². The van der Waals surface area contributed by atoms with Crippen LogP contribution in [-0.4, -0.2) is 11.9 Å². The zero-order chi connectivity index (χ0) is 24.5. The number of benzene rings is 3. The van der Waals surface area contributed by atoms with Gasteiger partial charge in [0.2, 0.25) is 5.91 Å². The largest absolute Gasteiger partial charge is 0.453 e. The van der Waals surface area contributed by atoms with Crippen LogP contribution in [0.25, 0.3) is 0 Å². The highest BCUT2D eigenvalue weighted by molar-refractivity contribution is 6.03. The summed E-state index contributed by atoms with van der Waals surface area (Å²) in [6.45, 7) is 1.57. The van der Waals surface area contributed by atoms with Crippen LogP contribution < -0.4 is 20.5 Å². The van der Waals surface area contributed by atoms with Gasteiger partial charge in [0, 0.05) is 12.1 Å². The van der Waals surface area contributed by atoms with E-state index in [9.17, 15) is 22.8 Å². The SMILES string of the molecule is CCC(=O)Oc1c(N)cccc1Oc1ccc(CC2C(=O)Nc3ccccc32)cc1C(F)(F)F.Cl. The number of fused-ring (bicyclic) bond motifs is 1. The quantitative estimate of drug-likeness (QED) is 0.240. The van der Waals surface area contributed by atoms with Crippen molar-refractivity contribution in [1.29, 1.82) is 0 Å². The molecule has 0 aliphatic carbocycles. The lowest BCUT2D eigenvalue weighted by Gasteiger charge is -2.18. The molecule has 6 nitrogen and oxygen atoms in total. The maximum Gasteiger partial charge on any atom is 0.419 e. The van der Waals surface area contributed by atoms with Crippen LogP contribution in [-0.2, 0) is 22.2 Å². The number of nitrogens with one attached hydrogen (secondary N) is 1. The molecule has 0 spiro atoms. The Bertz CT molecular complexity index is 1260. The van der Waals surface area contributed by atoms with E-state index in [-0.39, 0.29) is 48.3 Å². The summed E-state index contributed by atoms with van der Waals surface area (Å²) in [5, 5.41) is 2.75. The molecule has 0 saturated heterocycles. The Morgan fingerprint density at radius 2 is 1.80 bits per heavy atom. The van der Waals surface area contributed by atoms with Crippen LogP contribution in [0.3, 0.4) is 0 Å². The monoisotopic (exact) mass is 506 g/mol. The number of carbonyl (C=O) groups excluding carboxylic acids is 2. The number of rotatable bonds is 6. The zero-order valence-corrected chi connectivity index (χ0v) is 19.3. The number of ether oxygens (including phenoxy) is 2. The van der Waals surface area contributed by atoms with E-state index in [4.69, 9.17) is 15.2 Å². The fourth-order valence-corrected chi connectivity index (χ4v) is 3.76. The van der Waals surface area contributed by atoms with Gasteiger partial charge in [-0.2, -0.15) is 13.2 Å². The molecule has 3 N–H and O–H groups in total. The highest BCUT2D eigenvalue weighted by atomic mass is 35.5. The molecule has 3 aromatic carbocycles. The summed E-state index contributed by atoms with van der Waals surface area (Å²) >= 11 is 0. The molecule has 1 aliphatic heterocycles. The van der Waals surface area contributed by atoms with Gasteiger partial charge in [0.05, 0.1) is 17.2 Å². The molecular weight excluding hydrogens is 485 g/mol. The van der Waals surface area contributed by atoms with Crippen molar-refractivity contribution in [2.45, 2.75) is 31.9 Å². The van der Waals surface area contributed by atoms with E-state index in [2.05, 4.69) is 5.32 Å². The number of nitrogen functional groups attached to an aromatic ring is 1. The van der Waals surface area contributed by atoms with Crippen LogP contribution >= 0.6 is 12.4 Å². The highest BCUT2D eigenvalue weighted by Gasteiger charge is 2.36. The molecule has 0 saturated carbocycles. The number of halogens is 4. The lowest BCUT2D eigenvalue weighted by molar-refractivity contribution is -0.139. The predicted octanol–water partition coefficient (Wildman–Crippen LogP) is 6.10. The van der Waals surface area contributed by atoms with Crippen molar-refractivity contribution in [1.82, 2.24) is 0 Å². The van der Waals surface area contributed by atoms with Gasteiger partial charge in [-0.05, 0) is 47.9 Å². The highest BCUT2D eigenvalue weighted by Crippen LogP contribution is 2.43. The number of alkyl halides is 3. The maximum atomic E-state index is 13.9. The molecule has 10 heteroatoms. The van der Waals surface area contributed by atoms with E-state index in [1.807, 2.05) is 0 Å². The summed E-state index contributed by atoms with van der Waals surface area (Å²) in [6, 6.07) is 15.0. The molecule has 3 aromatic rings. The third-order valence-electron chi connectivity index (χ3n) is 5.43. The minimum atomic E-state index is -4.73. The standard InChI is InChI=1S/C25H21F3N2O4.ClH/c1-2-22(31)34-23-18(29)7-5-9-21(23)33-20-11-10-14(13-17(20)25(26,27)28)12-16-15-6-3-4-8-19(15)30-24(16)32;/h3-11,13,16H,2,12,29H2,1H3,(H,30,32);1H. The van der Waals surface area contributed by atoms with Crippen molar-refractivity contribution in [3.63, 3.8) is 0 Å². The lowest BCUT2D eigenvalue weighted by Crippen LogP contribution is -2.15. The second-order valence-corrected chi connectivity index (χ2v) is 7.77. The number of hydrogen-bond donors (Lipinski definition) is 2. The van der Waals surface area contributed by atoms with Gasteiger partial charge in [-0.15, -0.1) is 12.4 Å². The Kier molecular flexibility index (Phi) is 7.60. The molecular formula is C25H22ClF3N2O4. The summed E-state index contributed by atoms with van der Waals surface area (Å²) in [5.41, 5.74) is 6.60. The van der Waals surface area contributed by atoms with E-state index in [0.29, 0.717) is 11.3 Å². The van der Waals surface area contributed by atoms with E-state index in [1.165, 1.54) is 30.3 Å². The summed E-state index contributed by atoms with van der Waals surface area (Å²) in [5.74, 6) is -2.22. The van der Waals surface area contributed by atoms with Gasteiger partial charge in [-0.25, -0.2) is 0 Å². The van der Waals surface area contributed by atoms with Gasteiger partial charge in [0.15, 0.2) is 11.5 Å². The van der Waals surface area contributed by atoms with Crippen LogP contribution in [0.2, 0.25) is 0 Å². The normalized spacial score (nSPS) is 14.5. The second-order valence-electron chi connectivity index (χ2n) is 7.77. The lowest BCUT2D eigenvalue weighted by atomic mass is 9.92. The number of amides is 1. The topological polar surface area (TPSA) is 90.7 Å². The van der Waals surface area contributed by atoms with Crippen molar-refractivity contribution >= 4 is 35.7 Å². The number of nitrogens with two attached hydrogens (primary N) is 1. The third kappa shape index (κ3) is 5.51. The first-order valence-electron chi connectivity index (χ1n) is 10.5. The van der Waals surface area contributed by atoms with Crippen molar-refractivity contribution in [2.24, 2.45) is 0 Å². The number of para-hydroxylation sites is 2. The molecule has 0 bridgehead atoms. The predicted molar refractivity (Wildman–Crippen MR) is 127 cm³/mol. The van der Waals surface area contributed by atoms with Gasteiger partial charge in [-0.3, -0.25) is 9.59 Å². The average Bonchev–Trinajstić information content (AvgIpc) is 3.11. The summed E-state index contributed by atoms with van der Waals surface area (Å²) in [7, 11) is 0. The Morgan fingerprint density at radius 3 is 2.51 bits per heavy atom. The Hall–Kier alpha value is -3.72. The summed E-state index contributed by atoms with van der Waals surface area (Å²) in [4.78, 5) is 24.1. The molecule has 184 valence electrons.